The first-order valence-electron chi connectivity index (χ1n) is 5.17. The number of nitrogens with zero attached hydrogens (tertiary/aromatic N) is 4. The van der Waals surface area contributed by atoms with Gasteiger partial charge in [-0.05, 0) is 46.9 Å². The van der Waals surface area contributed by atoms with Crippen LogP contribution in [-0.2, 0) is 0 Å². The molecular weight excluding hydrogens is 345 g/mol. The third-order valence-electron chi connectivity index (χ3n) is 2.04. The van der Waals surface area contributed by atoms with E-state index in [0.717, 1.165) is 3.57 Å². The van der Waals surface area contributed by atoms with Gasteiger partial charge < -0.3 is 15.4 Å². The zero-order valence-corrected chi connectivity index (χ0v) is 12.1. The Hall–Kier alpha value is -1.64. The summed E-state index contributed by atoms with van der Waals surface area (Å²) >= 11 is 2.22. The number of ether oxygens (including phenoxy) is 1. The zero-order valence-electron chi connectivity index (χ0n) is 9.96. The molecule has 0 aliphatic carbocycles. The molecule has 0 aliphatic rings. The number of anilines is 2. The molecule has 1 aromatic carbocycles. The minimum Gasteiger partial charge on any atom is -0.424 e. The Morgan fingerprint density at radius 3 is 2.39 bits per heavy atom. The van der Waals surface area contributed by atoms with Crippen molar-refractivity contribution in [2.45, 2.75) is 0 Å². The summed E-state index contributed by atoms with van der Waals surface area (Å²) in [5, 5.41) is 0. The largest absolute Gasteiger partial charge is 0.424 e. The van der Waals surface area contributed by atoms with E-state index < -0.39 is 0 Å². The monoisotopic (exact) mass is 357 g/mol. The van der Waals surface area contributed by atoms with Gasteiger partial charge in [0.1, 0.15) is 5.75 Å². The molecular formula is C11H12IN5O. The smallest absolute Gasteiger partial charge is 0.328 e. The second-order valence-electron chi connectivity index (χ2n) is 3.73. The number of hydrogen-bond acceptors (Lipinski definition) is 6. The highest BCUT2D eigenvalue weighted by Crippen LogP contribution is 2.20. The van der Waals surface area contributed by atoms with Gasteiger partial charge in [-0.2, -0.15) is 15.0 Å². The lowest BCUT2D eigenvalue weighted by Gasteiger charge is -2.11. The number of nitrogen functional groups attached to an aromatic ring is 1. The van der Waals surface area contributed by atoms with Gasteiger partial charge in [0.15, 0.2) is 0 Å². The van der Waals surface area contributed by atoms with Crippen LogP contribution in [0.2, 0.25) is 0 Å². The standard InChI is InChI=1S/C11H12IN5O/c1-17(2)10-14-9(13)15-11(16-10)18-8-5-3-7(12)4-6-8/h3-6H,1-2H3,(H2,13,14,15,16). The van der Waals surface area contributed by atoms with E-state index in [-0.39, 0.29) is 12.0 Å². The van der Waals surface area contributed by atoms with Crippen molar-refractivity contribution >= 4 is 34.5 Å². The summed E-state index contributed by atoms with van der Waals surface area (Å²) in [7, 11) is 3.65. The van der Waals surface area contributed by atoms with Crippen LogP contribution in [0, 0.1) is 3.57 Å². The molecule has 0 radical (unpaired) electrons. The lowest BCUT2D eigenvalue weighted by Crippen LogP contribution is -2.15. The predicted molar refractivity (Wildman–Crippen MR) is 77.8 cm³/mol. The van der Waals surface area contributed by atoms with Gasteiger partial charge in [0.05, 0.1) is 0 Å². The average Bonchev–Trinajstić information content (AvgIpc) is 2.31. The van der Waals surface area contributed by atoms with Crippen molar-refractivity contribution in [1.29, 1.82) is 0 Å². The van der Waals surface area contributed by atoms with Gasteiger partial charge in [0.25, 0.3) is 0 Å². The van der Waals surface area contributed by atoms with E-state index >= 15 is 0 Å². The lowest BCUT2D eigenvalue weighted by molar-refractivity contribution is 0.441. The Kier molecular flexibility index (Phi) is 3.80. The average molecular weight is 357 g/mol. The fraction of sp³-hybridized carbons (Fsp3) is 0.182. The first-order valence-corrected chi connectivity index (χ1v) is 6.25. The lowest BCUT2D eigenvalue weighted by atomic mass is 10.3. The Balaban J connectivity index is 2.26. The van der Waals surface area contributed by atoms with Crippen molar-refractivity contribution in [3.8, 4) is 11.8 Å². The molecule has 0 spiro atoms. The molecule has 0 unspecified atom stereocenters. The minimum absolute atomic E-state index is 0.134. The topological polar surface area (TPSA) is 77.2 Å². The van der Waals surface area contributed by atoms with E-state index in [0.29, 0.717) is 11.7 Å². The fourth-order valence-corrected chi connectivity index (χ4v) is 1.57. The number of hydrogen-bond donors (Lipinski definition) is 1. The Morgan fingerprint density at radius 1 is 1.11 bits per heavy atom. The summed E-state index contributed by atoms with van der Waals surface area (Å²) in [6, 6.07) is 7.75. The second-order valence-corrected chi connectivity index (χ2v) is 4.97. The van der Waals surface area contributed by atoms with Gasteiger partial charge in [-0.1, -0.05) is 0 Å². The molecule has 0 aliphatic heterocycles. The van der Waals surface area contributed by atoms with Crippen LogP contribution in [0.4, 0.5) is 11.9 Å². The van der Waals surface area contributed by atoms with Crippen LogP contribution in [0.5, 0.6) is 11.8 Å². The molecule has 1 aromatic heterocycles. The third kappa shape index (κ3) is 3.19. The Bertz CT molecular complexity index is 544. The van der Waals surface area contributed by atoms with E-state index in [1.807, 2.05) is 38.4 Å². The van der Waals surface area contributed by atoms with Crippen molar-refractivity contribution in [2.75, 3.05) is 24.7 Å². The molecule has 6 nitrogen and oxygen atoms in total. The third-order valence-corrected chi connectivity index (χ3v) is 2.76. The number of nitrogens with two attached hydrogens (primary N) is 1. The van der Waals surface area contributed by atoms with Crippen molar-refractivity contribution in [1.82, 2.24) is 15.0 Å². The quantitative estimate of drug-likeness (QED) is 0.846. The summed E-state index contributed by atoms with van der Waals surface area (Å²) in [6.45, 7) is 0. The van der Waals surface area contributed by atoms with Crippen molar-refractivity contribution < 1.29 is 4.74 Å². The SMILES string of the molecule is CN(C)c1nc(N)nc(Oc2ccc(I)cc2)n1. The molecule has 0 atom stereocenters. The van der Waals surface area contributed by atoms with E-state index in [9.17, 15) is 0 Å². The Morgan fingerprint density at radius 2 is 1.78 bits per heavy atom. The van der Waals surface area contributed by atoms with Gasteiger partial charge in [-0.25, -0.2) is 0 Å². The van der Waals surface area contributed by atoms with Crippen LogP contribution < -0.4 is 15.4 Å². The van der Waals surface area contributed by atoms with Crippen molar-refractivity contribution in [3.63, 3.8) is 0 Å². The molecule has 7 heteroatoms. The predicted octanol–water partition coefficient (Wildman–Crippen LogP) is 1.92. The number of aromatic nitrogens is 3. The van der Waals surface area contributed by atoms with Crippen LogP contribution >= 0.6 is 22.6 Å². The molecule has 0 saturated carbocycles. The fourth-order valence-electron chi connectivity index (χ4n) is 1.21. The first kappa shape index (κ1) is 12.8. The summed E-state index contributed by atoms with van der Waals surface area (Å²) in [4.78, 5) is 13.8. The maximum Gasteiger partial charge on any atom is 0.328 e. The number of benzene rings is 1. The normalized spacial score (nSPS) is 10.2. The highest BCUT2D eigenvalue weighted by atomic mass is 127. The molecule has 1 heterocycles. The summed E-state index contributed by atoms with van der Waals surface area (Å²) in [5.74, 6) is 1.25. The molecule has 2 aromatic rings. The van der Waals surface area contributed by atoms with E-state index in [1.54, 1.807) is 4.90 Å². The van der Waals surface area contributed by atoms with E-state index in [1.165, 1.54) is 0 Å². The van der Waals surface area contributed by atoms with Crippen molar-refractivity contribution in [2.24, 2.45) is 0 Å². The van der Waals surface area contributed by atoms with Crippen LogP contribution in [-0.4, -0.2) is 29.0 Å². The molecule has 0 fully saturated rings. The highest BCUT2D eigenvalue weighted by Gasteiger charge is 2.07. The zero-order chi connectivity index (χ0) is 13.1. The van der Waals surface area contributed by atoms with Crippen LogP contribution in [0.3, 0.4) is 0 Å². The molecule has 94 valence electrons. The van der Waals surface area contributed by atoms with Gasteiger partial charge in [0, 0.05) is 17.7 Å². The molecule has 18 heavy (non-hydrogen) atoms. The van der Waals surface area contributed by atoms with Gasteiger partial charge in [0.2, 0.25) is 11.9 Å². The minimum atomic E-state index is 0.134. The molecule has 2 rings (SSSR count). The van der Waals surface area contributed by atoms with Gasteiger partial charge in [-0.3, -0.25) is 0 Å². The number of rotatable bonds is 3. The van der Waals surface area contributed by atoms with E-state index in [2.05, 4.69) is 37.5 Å². The number of halogens is 1. The highest BCUT2D eigenvalue weighted by molar-refractivity contribution is 14.1. The van der Waals surface area contributed by atoms with Crippen molar-refractivity contribution in [3.05, 3.63) is 27.8 Å². The van der Waals surface area contributed by atoms with Gasteiger partial charge >= 0.3 is 6.01 Å². The van der Waals surface area contributed by atoms with E-state index in [4.69, 9.17) is 10.5 Å². The van der Waals surface area contributed by atoms with Crippen LogP contribution in [0.1, 0.15) is 0 Å². The summed E-state index contributed by atoms with van der Waals surface area (Å²) in [6.07, 6.45) is 0. The van der Waals surface area contributed by atoms with Crippen LogP contribution in [0.25, 0.3) is 0 Å². The maximum absolute atomic E-state index is 5.60. The molecule has 2 N–H and O–H groups in total. The first-order chi connectivity index (χ1) is 8.54. The summed E-state index contributed by atoms with van der Waals surface area (Å²) in [5.41, 5.74) is 5.60. The molecule has 0 saturated heterocycles. The van der Waals surface area contributed by atoms with Crippen LogP contribution in [0.15, 0.2) is 24.3 Å². The maximum atomic E-state index is 5.60. The Labute approximate surface area is 118 Å². The molecule has 0 bridgehead atoms. The second kappa shape index (κ2) is 5.34. The summed E-state index contributed by atoms with van der Waals surface area (Å²) < 4.78 is 6.66. The molecule has 0 amide bonds. The van der Waals surface area contributed by atoms with Gasteiger partial charge in [-0.15, -0.1) is 0 Å².